The lowest BCUT2D eigenvalue weighted by Gasteiger charge is -2.13. The molecule has 0 aliphatic rings. The smallest absolute Gasteiger partial charge is 0.0918 e. The Morgan fingerprint density at radius 3 is 1.38 bits per heavy atom. The molecule has 0 unspecified atom stereocenters. The van der Waals surface area contributed by atoms with Gasteiger partial charge >= 0.3 is 0 Å². The van der Waals surface area contributed by atoms with Gasteiger partial charge in [-0.3, -0.25) is 0 Å². The van der Waals surface area contributed by atoms with Crippen molar-refractivity contribution in [2.24, 2.45) is 9.98 Å². The standard InChI is InChI=1S/C12H14N4/c1-7-8(2)11(15-5-13)10(4)12(9(7)3)16-6-14/h13-14H,1-4H3. The van der Waals surface area contributed by atoms with Crippen molar-refractivity contribution in [3.05, 3.63) is 22.3 Å². The second-order valence-electron chi connectivity index (χ2n) is 3.64. The molecule has 0 radical (unpaired) electrons. The average Bonchev–Trinajstić information content (AvgIpc) is 2.28. The topological polar surface area (TPSA) is 72.4 Å². The Kier molecular flexibility index (Phi) is 3.51. The largest absolute Gasteiger partial charge is 0.241 e. The van der Waals surface area contributed by atoms with Crippen LogP contribution in [0.25, 0.3) is 0 Å². The summed E-state index contributed by atoms with van der Waals surface area (Å²) < 4.78 is 0. The maximum atomic E-state index is 6.93. The van der Waals surface area contributed by atoms with Crippen LogP contribution in [0.1, 0.15) is 22.3 Å². The van der Waals surface area contributed by atoms with E-state index in [9.17, 15) is 0 Å². The third kappa shape index (κ3) is 1.84. The van der Waals surface area contributed by atoms with Crippen molar-refractivity contribution in [2.75, 3.05) is 0 Å². The van der Waals surface area contributed by atoms with Crippen LogP contribution in [0, 0.1) is 38.5 Å². The van der Waals surface area contributed by atoms with Gasteiger partial charge in [0.2, 0.25) is 0 Å². The maximum Gasteiger partial charge on any atom is 0.0918 e. The number of nitrogens with one attached hydrogen (secondary N) is 2. The van der Waals surface area contributed by atoms with E-state index >= 15 is 0 Å². The van der Waals surface area contributed by atoms with Crippen molar-refractivity contribution in [2.45, 2.75) is 27.7 Å². The molecule has 82 valence electrons. The molecule has 0 saturated heterocycles. The molecule has 1 aromatic carbocycles. The summed E-state index contributed by atoms with van der Waals surface area (Å²) in [5.74, 6) is 0. The fourth-order valence-electron chi connectivity index (χ4n) is 1.76. The number of benzene rings is 1. The minimum Gasteiger partial charge on any atom is -0.241 e. The SMILES string of the molecule is Cc1c(C)c(N=C=N)c(C)c(N=C=N)c1C. The molecule has 0 spiro atoms. The molecule has 0 heterocycles. The molecule has 4 heteroatoms. The van der Waals surface area contributed by atoms with Crippen LogP contribution in [-0.4, -0.2) is 12.0 Å². The van der Waals surface area contributed by atoms with Gasteiger partial charge in [0.15, 0.2) is 0 Å². The van der Waals surface area contributed by atoms with Crippen molar-refractivity contribution < 1.29 is 0 Å². The van der Waals surface area contributed by atoms with Gasteiger partial charge in [0.1, 0.15) is 0 Å². The number of aliphatic imine (C=N–C) groups is 2. The van der Waals surface area contributed by atoms with E-state index in [0.29, 0.717) is 11.4 Å². The number of hydrogen-bond donors (Lipinski definition) is 2. The van der Waals surface area contributed by atoms with Crippen LogP contribution in [0.15, 0.2) is 9.98 Å². The molecule has 0 saturated carbocycles. The van der Waals surface area contributed by atoms with Gasteiger partial charge in [-0.15, -0.1) is 0 Å². The molecule has 0 fully saturated rings. The Morgan fingerprint density at radius 1 is 0.688 bits per heavy atom. The van der Waals surface area contributed by atoms with E-state index in [4.69, 9.17) is 10.8 Å². The summed E-state index contributed by atoms with van der Waals surface area (Å²) in [4.78, 5) is 7.84. The lowest BCUT2D eigenvalue weighted by Crippen LogP contribution is -1.92. The number of rotatable bonds is 2. The molecule has 0 atom stereocenters. The van der Waals surface area contributed by atoms with Gasteiger partial charge in [-0.1, -0.05) is 0 Å². The van der Waals surface area contributed by atoms with Crippen molar-refractivity contribution in [1.82, 2.24) is 0 Å². The Morgan fingerprint density at radius 2 is 1.06 bits per heavy atom. The first-order valence-corrected chi connectivity index (χ1v) is 4.89. The predicted octanol–water partition coefficient (Wildman–Crippen LogP) is 3.69. The Bertz CT molecular complexity index is 485. The van der Waals surface area contributed by atoms with Crippen molar-refractivity contribution >= 4 is 23.4 Å². The summed E-state index contributed by atoms with van der Waals surface area (Å²) in [6.45, 7) is 7.79. The van der Waals surface area contributed by atoms with Gasteiger partial charge in [0.25, 0.3) is 0 Å². The van der Waals surface area contributed by atoms with Gasteiger partial charge in [-0.05, 0) is 44.4 Å². The quantitative estimate of drug-likeness (QED) is 0.705. The first kappa shape index (κ1) is 12.1. The predicted molar refractivity (Wildman–Crippen MR) is 65.0 cm³/mol. The van der Waals surface area contributed by atoms with E-state index in [1.54, 1.807) is 0 Å². The average molecular weight is 214 g/mol. The van der Waals surface area contributed by atoms with Crippen LogP contribution in [-0.2, 0) is 0 Å². The summed E-state index contributed by atoms with van der Waals surface area (Å²) in [6.07, 6.45) is 0. The normalized spacial score (nSPS) is 9.25. The highest BCUT2D eigenvalue weighted by Gasteiger charge is 2.13. The highest BCUT2D eigenvalue weighted by molar-refractivity contribution is 5.73. The second kappa shape index (κ2) is 4.67. The zero-order chi connectivity index (χ0) is 12.3. The van der Waals surface area contributed by atoms with E-state index in [1.807, 2.05) is 39.7 Å². The summed E-state index contributed by atoms with van der Waals surface area (Å²) in [5, 5.41) is 13.9. The fourth-order valence-corrected chi connectivity index (χ4v) is 1.76. The van der Waals surface area contributed by atoms with Gasteiger partial charge < -0.3 is 0 Å². The third-order valence-corrected chi connectivity index (χ3v) is 2.88. The Hall–Kier alpha value is -2.02. The fraction of sp³-hybridized carbons (Fsp3) is 0.333. The minimum absolute atomic E-state index is 0.715. The minimum atomic E-state index is 0.715. The van der Waals surface area contributed by atoms with Crippen LogP contribution in [0.3, 0.4) is 0 Å². The molecule has 0 aromatic heterocycles. The molecule has 0 bridgehead atoms. The molecule has 16 heavy (non-hydrogen) atoms. The molecule has 0 aliphatic heterocycles. The van der Waals surface area contributed by atoms with E-state index in [-0.39, 0.29) is 0 Å². The van der Waals surface area contributed by atoms with Crippen LogP contribution in [0.4, 0.5) is 11.4 Å². The van der Waals surface area contributed by atoms with E-state index < -0.39 is 0 Å². The molecule has 4 nitrogen and oxygen atoms in total. The first-order valence-electron chi connectivity index (χ1n) is 4.89. The van der Waals surface area contributed by atoms with Crippen LogP contribution < -0.4 is 0 Å². The molecule has 0 aliphatic carbocycles. The zero-order valence-electron chi connectivity index (χ0n) is 9.89. The lowest BCUT2D eigenvalue weighted by atomic mass is 9.96. The van der Waals surface area contributed by atoms with Crippen molar-refractivity contribution in [3.8, 4) is 0 Å². The number of nitrogens with zero attached hydrogens (tertiary/aromatic N) is 2. The Labute approximate surface area is 94.8 Å². The van der Waals surface area contributed by atoms with Gasteiger partial charge in [-0.25, -0.2) is 10.8 Å². The highest BCUT2D eigenvalue weighted by Crippen LogP contribution is 2.37. The first-order chi connectivity index (χ1) is 7.54. The van der Waals surface area contributed by atoms with Crippen molar-refractivity contribution in [3.63, 3.8) is 0 Å². The summed E-state index contributed by atoms with van der Waals surface area (Å²) in [5.41, 5.74) is 5.42. The Balaban J connectivity index is 3.78. The van der Waals surface area contributed by atoms with Crippen LogP contribution in [0.2, 0.25) is 0 Å². The molecular weight excluding hydrogens is 200 g/mol. The van der Waals surface area contributed by atoms with E-state index in [2.05, 4.69) is 9.98 Å². The summed E-state index contributed by atoms with van der Waals surface area (Å²) in [7, 11) is 0. The maximum absolute atomic E-state index is 6.93. The van der Waals surface area contributed by atoms with Gasteiger partial charge in [-0.2, -0.15) is 9.98 Å². The van der Waals surface area contributed by atoms with Gasteiger partial charge in [0.05, 0.1) is 23.4 Å². The van der Waals surface area contributed by atoms with Crippen LogP contribution >= 0.6 is 0 Å². The van der Waals surface area contributed by atoms with Crippen LogP contribution in [0.5, 0.6) is 0 Å². The molecule has 1 aromatic rings. The van der Waals surface area contributed by atoms with E-state index in [1.165, 1.54) is 0 Å². The molecule has 0 amide bonds. The van der Waals surface area contributed by atoms with Crippen molar-refractivity contribution in [1.29, 1.82) is 10.8 Å². The molecule has 1 rings (SSSR count). The number of hydrogen-bond acceptors (Lipinski definition) is 4. The van der Waals surface area contributed by atoms with Gasteiger partial charge in [0, 0.05) is 5.56 Å². The second-order valence-corrected chi connectivity index (χ2v) is 3.64. The monoisotopic (exact) mass is 214 g/mol. The third-order valence-electron chi connectivity index (χ3n) is 2.88. The molecule has 2 N–H and O–H groups in total. The van der Waals surface area contributed by atoms with E-state index in [0.717, 1.165) is 22.3 Å². The zero-order valence-corrected chi connectivity index (χ0v) is 9.89. The summed E-state index contributed by atoms with van der Waals surface area (Å²) in [6, 6.07) is 4.10. The lowest BCUT2D eigenvalue weighted by molar-refractivity contribution is 1.20. The molecular formula is C12H14N4. The highest BCUT2D eigenvalue weighted by atomic mass is 14.8. The summed E-state index contributed by atoms with van der Waals surface area (Å²) >= 11 is 0.